The van der Waals surface area contributed by atoms with Crippen molar-refractivity contribution in [1.82, 2.24) is 9.97 Å². The van der Waals surface area contributed by atoms with Crippen molar-refractivity contribution < 1.29 is 13.6 Å². The van der Waals surface area contributed by atoms with E-state index < -0.39 is 18.0 Å². The normalized spacial score (nSPS) is 15.2. The fourth-order valence-electron chi connectivity index (χ4n) is 3.34. The fraction of sp³-hybridized carbons (Fsp3) is 0.250. The SMILES string of the molecule is Cc1ccc(F)cc1-c1cc2cnc(C3(C(N)=O)CC3)cc2c(CF)n1. The van der Waals surface area contributed by atoms with E-state index >= 15 is 0 Å². The fourth-order valence-corrected chi connectivity index (χ4v) is 3.34. The van der Waals surface area contributed by atoms with Crippen LogP contribution in [0.15, 0.2) is 36.5 Å². The van der Waals surface area contributed by atoms with Crippen molar-refractivity contribution in [2.75, 3.05) is 0 Å². The molecule has 0 saturated heterocycles. The van der Waals surface area contributed by atoms with Gasteiger partial charge in [-0.1, -0.05) is 6.07 Å². The van der Waals surface area contributed by atoms with E-state index in [0.717, 1.165) is 5.56 Å². The maximum absolute atomic E-state index is 13.7. The lowest BCUT2D eigenvalue weighted by molar-refractivity contribution is -0.120. The lowest BCUT2D eigenvalue weighted by atomic mass is 9.97. The van der Waals surface area contributed by atoms with Crippen LogP contribution in [0.25, 0.3) is 22.0 Å². The van der Waals surface area contributed by atoms with Gasteiger partial charge in [0.1, 0.15) is 12.5 Å². The van der Waals surface area contributed by atoms with Crippen molar-refractivity contribution in [3.63, 3.8) is 0 Å². The Kier molecular flexibility index (Phi) is 3.72. The van der Waals surface area contributed by atoms with Gasteiger partial charge in [0.2, 0.25) is 5.91 Å². The Morgan fingerprint density at radius 1 is 1.27 bits per heavy atom. The van der Waals surface area contributed by atoms with Crippen LogP contribution in [0, 0.1) is 12.7 Å². The summed E-state index contributed by atoms with van der Waals surface area (Å²) in [5, 5.41) is 1.29. The zero-order chi connectivity index (χ0) is 18.5. The molecular weight excluding hydrogens is 336 g/mol. The number of amides is 1. The minimum absolute atomic E-state index is 0.241. The van der Waals surface area contributed by atoms with E-state index in [1.54, 1.807) is 24.4 Å². The summed E-state index contributed by atoms with van der Waals surface area (Å²) >= 11 is 0. The number of pyridine rings is 2. The molecule has 0 unspecified atom stereocenters. The molecule has 1 aromatic carbocycles. The predicted molar refractivity (Wildman–Crippen MR) is 94.6 cm³/mol. The van der Waals surface area contributed by atoms with E-state index in [1.165, 1.54) is 12.1 Å². The van der Waals surface area contributed by atoms with Crippen LogP contribution in [-0.2, 0) is 16.9 Å². The third-order valence-electron chi connectivity index (χ3n) is 5.11. The summed E-state index contributed by atoms with van der Waals surface area (Å²) in [6, 6.07) is 7.90. The van der Waals surface area contributed by atoms with E-state index in [2.05, 4.69) is 9.97 Å². The lowest BCUT2D eigenvalue weighted by Crippen LogP contribution is -2.29. The van der Waals surface area contributed by atoms with Gasteiger partial charge >= 0.3 is 0 Å². The van der Waals surface area contributed by atoms with Crippen molar-refractivity contribution in [3.8, 4) is 11.3 Å². The number of halogens is 2. The first-order valence-corrected chi connectivity index (χ1v) is 8.37. The van der Waals surface area contributed by atoms with Gasteiger partial charge in [-0.3, -0.25) is 9.78 Å². The zero-order valence-electron chi connectivity index (χ0n) is 14.2. The minimum Gasteiger partial charge on any atom is -0.369 e. The highest BCUT2D eigenvalue weighted by atomic mass is 19.1. The Bertz CT molecular complexity index is 1040. The maximum Gasteiger partial charge on any atom is 0.229 e. The van der Waals surface area contributed by atoms with Gasteiger partial charge < -0.3 is 5.73 Å². The molecule has 6 heteroatoms. The molecule has 132 valence electrons. The summed E-state index contributed by atoms with van der Waals surface area (Å²) in [6.45, 7) is 1.08. The molecule has 2 N–H and O–H groups in total. The number of carbonyl (C=O) groups is 1. The smallest absolute Gasteiger partial charge is 0.229 e. The molecule has 26 heavy (non-hydrogen) atoms. The van der Waals surface area contributed by atoms with Crippen molar-refractivity contribution in [2.24, 2.45) is 5.73 Å². The number of primary amides is 1. The molecule has 4 rings (SSSR count). The molecule has 0 aliphatic heterocycles. The van der Waals surface area contributed by atoms with Crippen molar-refractivity contribution in [3.05, 3.63) is 59.3 Å². The number of alkyl halides is 1. The largest absolute Gasteiger partial charge is 0.369 e. The highest BCUT2D eigenvalue weighted by Gasteiger charge is 2.51. The standard InChI is InChI=1S/C20H17F2N3O/c1-11-2-3-13(22)7-14(11)16-6-12-10-24-18(20(4-5-20)19(23)26)8-15(12)17(9-21)25-16/h2-3,6-8,10H,4-5,9H2,1H3,(H2,23,26). The average molecular weight is 353 g/mol. The van der Waals surface area contributed by atoms with Crippen LogP contribution in [-0.4, -0.2) is 15.9 Å². The number of fused-ring (bicyclic) bond motifs is 1. The molecule has 2 heterocycles. The molecule has 1 aliphatic carbocycles. The van der Waals surface area contributed by atoms with E-state index in [-0.39, 0.29) is 11.5 Å². The third-order valence-corrected chi connectivity index (χ3v) is 5.11. The monoisotopic (exact) mass is 353 g/mol. The van der Waals surface area contributed by atoms with Crippen LogP contribution in [0.1, 0.15) is 29.8 Å². The molecule has 4 nitrogen and oxygen atoms in total. The summed E-state index contributed by atoms with van der Waals surface area (Å²) in [7, 11) is 0. The number of nitrogens with two attached hydrogens (primary N) is 1. The molecule has 2 aromatic heterocycles. The van der Waals surface area contributed by atoms with Gasteiger partial charge in [0.15, 0.2) is 0 Å². The molecule has 3 aromatic rings. The van der Waals surface area contributed by atoms with Gasteiger partial charge in [0.05, 0.1) is 22.5 Å². The molecule has 1 amide bonds. The maximum atomic E-state index is 13.7. The molecule has 1 saturated carbocycles. The van der Waals surface area contributed by atoms with Crippen molar-refractivity contribution >= 4 is 16.7 Å². The van der Waals surface area contributed by atoms with E-state index in [9.17, 15) is 13.6 Å². The second-order valence-electron chi connectivity index (χ2n) is 6.78. The molecule has 1 aliphatic rings. The van der Waals surface area contributed by atoms with Gasteiger partial charge in [-0.25, -0.2) is 13.8 Å². The van der Waals surface area contributed by atoms with Crippen LogP contribution in [0.5, 0.6) is 0 Å². The average Bonchev–Trinajstić information content (AvgIpc) is 3.44. The van der Waals surface area contributed by atoms with Gasteiger partial charge in [-0.05, 0) is 49.6 Å². The molecule has 0 atom stereocenters. The van der Waals surface area contributed by atoms with Crippen molar-refractivity contribution in [2.45, 2.75) is 31.9 Å². The van der Waals surface area contributed by atoms with Crippen LogP contribution in [0.3, 0.4) is 0 Å². The second-order valence-corrected chi connectivity index (χ2v) is 6.78. The number of hydrogen-bond acceptors (Lipinski definition) is 3. The summed E-state index contributed by atoms with van der Waals surface area (Å²) in [5.74, 6) is -0.786. The molecule has 0 spiro atoms. The van der Waals surface area contributed by atoms with Gasteiger partial charge in [-0.15, -0.1) is 0 Å². The number of aryl methyl sites for hydroxylation is 1. The zero-order valence-corrected chi connectivity index (χ0v) is 14.2. The van der Waals surface area contributed by atoms with E-state index in [1.807, 2.05) is 6.92 Å². The van der Waals surface area contributed by atoms with Gasteiger partial charge in [-0.2, -0.15) is 0 Å². The number of hydrogen-bond donors (Lipinski definition) is 1. The van der Waals surface area contributed by atoms with Crippen LogP contribution >= 0.6 is 0 Å². The van der Waals surface area contributed by atoms with Crippen LogP contribution < -0.4 is 5.73 Å². The number of rotatable bonds is 4. The quantitative estimate of drug-likeness (QED) is 0.777. The third kappa shape index (κ3) is 2.53. The topological polar surface area (TPSA) is 68.9 Å². The number of benzene rings is 1. The van der Waals surface area contributed by atoms with Crippen molar-refractivity contribution in [1.29, 1.82) is 0 Å². The summed E-state index contributed by atoms with van der Waals surface area (Å²) in [6.07, 6.45) is 2.91. The number of nitrogens with zero attached hydrogens (tertiary/aromatic N) is 2. The molecule has 0 radical (unpaired) electrons. The lowest BCUT2D eigenvalue weighted by Gasteiger charge is -2.14. The number of carbonyl (C=O) groups excluding carboxylic acids is 1. The molecular formula is C20H17F2N3O. The van der Waals surface area contributed by atoms with Gasteiger partial charge in [0.25, 0.3) is 0 Å². The molecule has 1 fully saturated rings. The summed E-state index contributed by atoms with van der Waals surface area (Å²) < 4.78 is 27.3. The first kappa shape index (κ1) is 16.6. The Morgan fingerprint density at radius 3 is 2.69 bits per heavy atom. The van der Waals surface area contributed by atoms with Crippen LogP contribution in [0.4, 0.5) is 8.78 Å². The molecule has 0 bridgehead atoms. The Hall–Kier alpha value is -2.89. The summed E-state index contributed by atoms with van der Waals surface area (Å²) in [5.41, 5.74) is 7.52. The summed E-state index contributed by atoms with van der Waals surface area (Å²) in [4.78, 5) is 20.5. The minimum atomic E-state index is -0.772. The Labute approximate surface area is 149 Å². The number of aromatic nitrogens is 2. The van der Waals surface area contributed by atoms with E-state index in [0.29, 0.717) is 40.6 Å². The van der Waals surface area contributed by atoms with E-state index in [4.69, 9.17) is 5.73 Å². The van der Waals surface area contributed by atoms with Crippen LogP contribution in [0.2, 0.25) is 0 Å². The Morgan fingerprint density at radius 2 is 2.04 bits per heavy atom. The first-order chi connectivity index (χ1) is 12.4. The highest BCUT2D eigenvalue weighted by molar-refractivity contribution is 5.92. The second kappa shape index (κ2) is 5.83. The highest BCUT2D eigenvalue weighted by Crippen LogP contribution is 2.47. The Balaban J connectivity index is 1.90. The first-order valence-electron chi connectivity index (χ1n) is 8.37. The van der Waals surface area contributed by atoms with Gasteiger partial charge in [0, 0.05) is 22.5 Å². The predicted octanol–water partition coefficient (Wildman–Crippen LogP) is 3.73.